The molecule has 1 rings (SSSR count). The Labute approximate surface area is 104 Å². The van der Waals surface area contributed by atoms with E-state index in [2.05, 4.69) is 26.1 Å². The molecule has 0 spiro atoms. The van der Waals surface area contributed by atoms with E-state index in [0.29, 0.717) is 12.5 Å². The number of carbonyl (C=O) groups excluding carboxylic acids is 1. The quantitative estimate of drug-likeness (QED) is 0.688. The van der Waals surface area contributed by atoms with E-state index in [-0.39, 0.29) is 23.3 Å². The lowest BCUT2D eigenvalue weighted by atomic mass is 9.61. The first-order valence-electron chi connectivity index (χ1n) is 6.48. The van der Waals surface area contributed by atoms with Crippen molar-refractivity contribution in [1.82, 2.24) is 5.32 Å². The fourth-order valence-electron chi connectivity index (χ4n) is 2.69. The molecule has 4 unspecified atom stereocenters. The number of nitrogens with one attached hydrogen (secondary N) is 1. The third-order valence-electron chi connectivity index (χ3n) is 4.39. The van der Waals surface area contributed by atoms with Gasteiger partial charge in [0.05, 0.1) is 6.10 Å². The molecule has 0 aromatic heterocycles. The molecule has 0 aromatic carbocycles. The van der Waals surface area contributed by atoms with Crippen molar-refractivity contribution >= 4 is 5.91 Å². The molecule has 1 aliphatic carbocycles. The minimum Gasteiger partial charge on any atom is -0.392 e. The van der Waals surface area contributed by atoms with Crippen LogP contribution in [0.15, 0.2) is 0 Å². The highest BCUT2D eigenvalue weighted by Crippen LogP contribution is 2.44. The van der Waals surface area contributed by atoms with Gasteiger partial charge < -0.3 is 16.2 Å². The third-order valence-corrected chi connectivity index (χ3v) is 4.39. The second kappa shape index (κ2) is 5.36. The lowest BCUT2D eigenvalue weighted by Gasteiger charge is -2.46. The van der Waals surface area contributed by atoms with Crippen LogP contribution in [0.5, 0.6) is 0 Å². The van der Waals surface area contributed by atoms with E-state index in [1.807, 2.05) is 0 Å². The van der Waals surface area contributed by atoms with Crippen LogP contribution < -0.4 is 11.1 Å². The highest BCUT2D eigenvalue weighted by atomic mass is 16.3. The van der Waals surface area contributed by atoms with Crippen LogP contribution in [0.3, 0.4) is 0 Å². The number of aliphatic hydroxyl groups excluding tert-OH is 1. The summed E-state index contributed by atoms with van der Waals surface area (Å²) in [7, 11) is 0. The summed E-state index contributed by atoms with van der Waals surface area (Å²) in [6, 6.07) is 0.186. The van der Waals surface area contributed by atoms with Crippen LogP contribution in [-0.2, 0) is 4.79 Å². The Balaban J connectivity index is 2.67. The van der Waals surface area contributed by atoms with Gasteiger partial charge in [-0.2, -0.15) is 0 Å². The van der Waals surface area contributed by atoms with Gasteiger partial charge in [0.1, 0.15) is 0 Å². The summed E-state index contributed by atoms with van der Waals surface area (Å²) in [6.07, 6.45) is 1.24. The van der Waals surface area contributed by atoms with Crippen LogP contribution in [0.4, 0.5) is 0 Å². The van der Waals surface area contributed by atoms with Crippen molar-refractivity contribution in [2.45, 2.75) is 52.7 Å². The molecule has 1 amide bonds. The van der Waals surface area contributed by atoms with Crippen LogP contribution in [0, 0.1) is 17.3 Å². The average Bonchev–Trinajstić information content (AvgIpc) is 2.23. The summed E-state index contributed by atoms with van der Waals surface area (Å²) in [5, 5.41) is 12.0. The molecule has 1 aliphatic rings. The lowest BCUT2D eigenvalue weighted by Crippen LogP contribution is -2.52. The van der Waals surface area contributed by atoms with Crippen LogP contribution in [-0.4, -0.2) is 29.7 Å². The summed E-state index contributed by atoms with van der Waals surface area (Å²) in [6.45, 7) is 8.35. The number of aliphatic hydroxyl groups is 1. The van der Waals surface area contributed by atoms with E-state index in [4.69, 9.17) is 5.73 Å². The highest BCUT2D eigenvalue weighted by Gasteiger charge is 2.44. The summed E-state index contributed by atoms with van der Waals surface area (Å²) in [4.78, 5) is 12.1. The Morgan fingerprint density at radius 1 is 1.53 bits per heavy atom. The maximum atomic E-state index is 12.1. The Morgan fingerprint density at radius 3 is 2.65 bits per heavy atom. The van der Waals surface area contributed by atoms with Crippen LogP contribution >= 0.6 is 0 Å². The van der Waals surface area contributed by atoms with E-state index in [1.54, 1.807) is 6.92 Å². The zero-order chi connectivity index (χ0) is 13.2. The molecular weight excluding hydrogens is 216 g/mol. The van der Waals surface area contributed by atoms with E-state index >= 15 is 0 Å². The van der Waals surface area contributed by atoms with Crippen molar-refractivity contribution < 1.29 is 9.90 Å². The second-order valence-corrected chi connectivity index (χ2v) is 6.00. The molecule has 17 heavy (non-hydrogen) atoms. The maximum absolute atomic E-state index is 12.1. The van der Waals surface area contributed by atoms with Crippen molar-refractivity contribution in [2.24, 2.45) is 23.0 Å². The largest absolute Gasteiger partial charge is 0.392 e. The van der Waals surface area contributed by atoms with Crippen molar-refractivity contribution in [2.75, 3.05) is 6.54 Å². The molecule has 0 saturated heterocycles. The van der Waals surface area contributed by atoms with Crippen molar-refractivity contribution in [3.8, 4) is 0 Å². The molecule has 1 saturated carbocycles. The van der Waals surface area contributed by atoms with Gasteiger partial charge in [0.2, 0.25) is 5.91 Å². The maximum Gasteiger partial charge on any atom is 0.223 e. The van der Waals surface area contributed by atoms with Gasteiger partial charge in [-0.05, 0) is 31.1 Å². The molecule has 100 valence electrons. The van der Waals surface area contributed by atoms with Gasteiger partial charge in [-0.15, -0.1) is 0 Å². The predicted molar refractivity (Wildman–Crippen MR) is 68.3 cm³/mol. The average molecular weight is 242 g/mol. The number of rotatable bonds is 3. The second-order valence-electron chi connectivity index (χ2n) is 6.00. The molecular formula is C13H26N2O2. The van der Waals surface area contributed by atoms with Gasteiger partial charge in [-0.3, -0.25) is 4.79 Å². The molecule has 1 fully saturated rings. The lowest BCUT2D eigenvalue weighted by molar-refractivity contribution is -0.132. The van der Waals surface area contributed by atoms with Crippen LogP contribution in [0.1, 0.15) is 40.5 Å². The van der Waals surface area contributed by atoms with Crippen molar-refractivity contribution in [3.63, 3.8) is 0 Å². The van der Waals surface area contributed by atoms with Gasteiger partial charge in [-0.25, -0.2) is 0 Å². The Hall–Kier alpha value is -0.610. The number of hydrogen-bond acceptors (Lipinski definition) is 3. The first-order chi connectivity index (χ1) is 7.76. The smallest absolute Gasteiger partial charge is 0.223 e. The minimum absolute atomic E-state index is 0.00366. The van der Waals surface area contributed by atoms with Gasteiger partial charge >= 0.3 is 0 Å². The standard InChI is InChI=1S/C13H26N2O2/c1-8(16)7-15-12(17)10-5-6-11(14)9(2)13(10,3)4/h8-11,16H,5-7,14H2,1-4H3,(H,15,17). The van der Waals surface area contributed by atoms with Crippen molar-refractivity contribution in [1.29, 1.82) is 0 Å². The van der Waals surface area contributed by atoms with E-state index in [1.165, 1.54) is 0 Å². The fourth-order valence-corrected chi connectivity index (χ4v) is 2.69. The van der Waals surface area contributed by atoms with Gasteiger partial charge in [-0.1, -0.05) is 20.8 Å². The number of hydrogen-bond donors (Lipinski definition) is 3. The van der Waals surface area contributed by atoms with E-state index in [0.717, 1.165) is 12.8 Å². The highest BCUT2D eigenvalue weighted by molar-refractivity contribution is 5.79. The molecule has 0 heterocycles. The van der Waals surface area contributed by atoms with Gasteiger partial charge in [0, 0.05) is 18.5 Å². The van der Waals surface area contributed by atoms with Crippen molar-refractivity contribution in [3.05, 3.63) is 0 Å². The van der Waals surface area contributed by atoms with Gasteiger partial charge in [0.15, 0.2) is 0 Å². The molecule has 0 bridgehead atoms. The fraction of sp³-hybridized carbons (Fsp3) is 0.923. The SMILES string of the molecule is CC(O)CNC(=O)C1CCC(N)C(C)C1(C)C. The molecule has 0 radical (unpaired) electrons. The third kappa shape index (κ3) is 3.19. The summed E-state index contributed by atoms with van der Waals surface area (Å²) in [5.74, 6) is 0.379. The van der Waals surface area contributed by atoms with E-state index in [9.17, 15) is 9.90 Å². The number of carbonyl (C=O) groups is 1. The summed E-state index contributed by atoms with van der Waals surface area (Å²) >= 11 is 0. The topological polar surface area (TPSA) is 75.3 Å². The predicted octanol–water partition coefficient (Wildman–Crippen LogP) is 0.883. The number of nitrogens with two attached hydrogens (primary N) is 1. The number of amides is 1. The Kier molecular flexibility index (Phi) is 4.55. The molecule has 0 aromatic rings. The molecule has 4 N–H and O–H groups in total. The zero-order valence-corrected chi connectivity index (χ0v) is 11.4. The molecule has 4 nitrogen and oxygen atoms in total. The first kappa shape index (κ1) is 14.5. The molecule has 4 atom stereocenters. The van der Waals surface area contributed by atoms with Crippen LogP contribution in [0.25, 0.3) is 0 Å². The normalized spacial score (nSPS) is 34.1. The Bertz CT molecular complexity index is 277. The van der Waals surface area contributed by atoms with Crippen LogP contribution in [0.2, 0.25) is 0 Å². The zero-order valence-electron chi connectivity index (χ0n) is 11.4. The van der Waals surface area contributed by atoms with Gasteiger partial charge in [0.25, 0.3) is 0 Å². The first-order valence-corrected chi connectivity index (χ1v) is 6.48. The van der Waals surface area contributed by atoms with E-state index < -0.39 is 6.10 Å². The Morgan fingerprint density at radius 2 is 2.12 bits per heavy atom. The summed E-state index contributed by atoms with van der Waals surface area (Å²) < 4.78 is 0. The molecule has 4 heteroatoms. The minimum atomic E-state index is -0.495. The summed E-state index contributed by atoms with van der Waals surface area (Å²) in [5.41, 5.74) is 5.98. The molecule has 0 aliphatic heterocycles. The monoisotopic (exact) mass is 242 g/mol.